The van der Waals surface area contributed by atoms with Crippen LogP contribution in [0.5, 0.6) is 0 Å². The highest BCUT2D eigenvalue weighted by molar-refractivity contribution is 5.12. The third-order valence-electron chi connectivity index (χ3n) is 2.81. The van der Waals surface area contributed by atoms with Crippen molar-refractivity contribution < 1.29 is 0 Å². The van der Waals surface area contributed by atoms with Crippen molar-refractivity contribution in [2.45, 2.75) is 18.9 Å². The summed E-state index contributed by atoms with van der Waals surface area (Å²) in [5, 5.41) is 8.30. The summed E-state index contributed by atoms with van der Waals surface area (Å²) in [5.41, 5.74) is 5.16. The van der Waals surface area contributed by atoms with Crippen molar-refractivity contribution >= 4 is 0 Å². The van der Waals surface area contributed by atoms with Gasteiger partial charge < -0.3 is 0 Å². The van der Waals surface area contributed by atoms with E-state index in [1.165, 1.54) is 5.56 Å². The van der Waals surface area contributed by atoms with Crippen LogP contribution in [0.1, 0.15) is 23.6 Å². The quantitative estimate of drug-likeness (QED) is 0.576. The smallest absolute Gasteiger partial charge is 0.0538 e. The van der Waals surface area contributed by atoms with E-state index in [1.54, 1.807) is 4.68 Å². The number of aromatic nitrogens is 4. The van der Waals surface area contributed by atoms with Crippen LogP contribution < -0.4 is 11.3 Å². The molecule has 0 bridgehead atoms. The van der Waals surface area contributed by atoms with Crippen molar-refractivity contribution in [3.8, 4) is 0 Å². The molecule has 17 heavy (non-hydrogen) atoms. The second-order valence-corrected chi connectivity index (χ2v) is 4.23. The Labute approximate surface area is 100 Å². The molecule has 1 unspecified atom stereocenters. The van der Waals surface area contributed by atoms with Gasteiger partial charge in [0, 0.05) is 38.1 Å². The number of hydrogen-bond acceptors (Lipinski definition) is 4. The molecule has 3 N–H and O–H groups in total. The Morgan fingerprint density at radius 3 is 2.47 bits per heavy atom. The number of nitrogens with two attached hydrogens (primary N) is 1. The second kappa shape index (κ2) is 5.11. The maximum atomic E-state index is 5.58. The van der Waals surface area contributed by atoms with Crippen LogP contribution in [0, 0.1) is 0 Å². The van der Waals surface area contributed by atoms with Crippen LogP contribution in [0.25, 0.3) is 0 Å². The van der Waals surface area contributed by atoms with Gasteiger partial charge in [0.25, 0.3) is 0 Å². The van der Waals surface area contributed by atoms with E-state index in [2.05, 4.69) is 15.6 Å². The third-order valence-corrected chi connectivity index (χ3v) is 2.81. The lowest BCUT2D eigenvalue weighted by Gasteiger charge is -2.13. The van der Waals surface area contributed by atoms with Crippen molar-refractivity contribution in [1.82, 2.24) is 25.0 Å². The minimum Gasteiger partial charge on any atom is -0.276 e. The fourth-order valence-electron chi connectivity index (χ4n) is 1.88. The maximum Gasteiger partial charge on any atom is 0.0538 e. The molecule has 0 aliphatic rings. The van der Waals surface area contributed by atoms with Crippen molar-refractivity contribution in [1.29, 1.82) is 0 Å². The van der Waals surface area contributed by atoms with Crippen molar-refractivity contribution in [3.05, 3.63) is 35.9 Å². The van der Waals surface area contributed by atoms with Crippen molar-refractivity contribution in [2.75, 3.05) is 0 Å². The number of nitrogens with one attached hydrogen (secondary N) is 1. The predicted octanol–water partition coefficient (Wildman–Crippen LogP) is 0.291. The predicted molar refractivity (Wildman–Crippen MR) is 64.8 cm³/mol. The number of rotatable bonds is 5. The summed E-state index contributed by atoms with van der Waals surface area (Å²) in [5.74, 6) is 5.58. The van der Waals surface area contributed by atoms with Gasteiger partial charge in [0.2, 0.25) is 0 Å². The van der Waals surface area contributed by atoms with Gasteiger partial charge in [-0.25, -0.2) is 0 Å². The van der Waals surface area contributed by atoms with Crippen LogP contribution in [0.2, 0.25) is 0 Å². The minimum atomic E-state index is 0.129. The first kappa shape index (κ1) is 11.8. The monoisotopic (exact) mass is 234 g/mol. The van der Waals surface area contributed by atoms with E-state index in [0.717, 1.165) is 18.4 Å². The van der Waals surface area contributed by atoms with E-state index < -0.39 is 0 Å². The van der Waals surface area contributed by atoms with Gasteiger partial charge in [-0.15, -0.1) is 0 Å². The summed E-state index contributed by atoms with van der Waals surface area (Å²) in [7, 11) is 3.82. The van der Waals surface area contributed by atoms with Gasteiger partial charge >= 0.3 is 0 Å². The van der Waals surface area contributed by atoms with E-state index in [0.29, 0.717) is 0 Å². The minimum absolute atomic E-state index is 0.129. The molecule has 0 aliphatic carbocycles. The van der Waals surface area contributed by atoms with Crippen LogP contribution in [-0.4, -0.2) is 19.6 Å². The highest BCUT2D eigenvalue weighted by Gasteiger charge is 2.11. The number of aryl methyl sites for hydroxylation is 3. The summed E-state index contributed by atoms with van der Waals surface area (Å²) >= 11 is 0. The molecule has 0 saturated carbocycles. The average molecular weight is 234 g/mol. The lowest BCUT2D eigenvalue weighted by molar-refractivity contribution is 0.516. The Bertz CT molecular complexity index is 472. The Morgan fingerprint density at radius 2 is 1.94 bits per heavy atom. The van der Waals surface area contributed by atoms with Crippen LogP contribution >= 0.6 is 0 Å². The van der Waals surface area contributed by atoms with Crippen LogP contribution in [0.3, 0.4) is 0 Å². The van der Waals surface area contributed by atoms with Gasteiger partial charge in [0.15, 0.2) is 0 Å². The summed E-state index contributed by atoms with van der Waals surface area (Å²) in [6.07, 6.45) is 9.60. The summed E-state index contributed by atoms with van der Waals surface area (Å²) < 4.78 is 3.59. The molecule has 0 radical (unpaired) electrons. The third kappa shape index (κ3) is 2.92. The van der Waals surface area contributed by atoms with Gasteiger partial charge in [-0.1, -0.05) is 0 Å². The molecule has 92 valence electrons. The fraction of sp³-hybridized carbons (Fsp3) is 0.455. The fourth-order valence-corrected chi connectivity index (χ4v) is 1.88. The van der Waals surface area contributed by atoms with E-state index in [9.17, 15) is 0 Å². The van der Waals surface area contributed by atoms with E-state index in [-0.39, 0.29) is 6.04 Å². The van der Waals surface area contributed by atoms with Crippen LogP contribution in [0.15, 0.2) is 24.8 Å². The normalized spacial score (nSPS) is 12.9. The van der Waals surface area contributed by atoms with Gasteiger partial charge in [0.05, 0.1) is 12.4 Å². The Hall–Kier alpha value is -1.66. The molecular formula is C11H18N6. The van der Waals surface area contributed by atoms with E-state index in [4.69, 9.17) is 5.84 Å². The molecule has 2 aromatic heterocycles. The molecule has 0 aliphatic heterocycles. The molecule has 2 rings (SSSR count). The maximum absolute atomic E-state index is 5.58. The molecular weight excluding hydrogens is 216 g/mol. The van der Waals surface area contributed by atoms with E-state index >= 15 is 0 Å². The Balaban J connectivity index is 1.96. The second-order valence-electron chi connectivity index (χ2n) is 4.23. The summed E-state index contributed by atoms with van der Waals surface area (Å²) in [6, 6.07) is 0.129. The molecule has 2 aromatic rings. The van der Waals surface area contributed by atoms with Gasteiger partial charge in [0.1, 0.15) is 0 Å². The highest BCUT2D eigenvalue weighted by Crippen LogP contribution is 2.17. The number of hydrazine groups is 1. The van der Waals surface area contributed by atoms with Gasteiger partial charge in [-0.3, -0.25) is 20.6 Å². The standard InChI is InChI=1S/C11H18N6/c1-16-7-9(5-13-16)3-4-11(15-12)10-6-14-17(2)8-10/h5-8,11,15H,3-4,12H2,1-2H3. The molecule has 0 aromatic carbocycles. The zero-order valence-corrected chi connectivity index (χ0v) is 10.2. The van der Waals surface area contributed by atoms with Crippen molar-refractivity contribution in [2.24, 2.45) is 19.9 Å². The number of hydrogen-bond donors (Lipinski definition) is 2. The molecule has 6 heteroatoms. The first-order chi connectivity index (χ1) is 8.19. The number of nitrogens with zero attached hydrogens (tertiary/aromatic N) is 4. The molecule has 6 nitrogen and oxygen atoms in total. The molecule has 0 amide bonds. The Kier molecular flexibility index (Phi) is 3.55. The largest absolute Gasteiger partial charge is 0.276 e. The van der Waals surface area contributed by atoms with Crippen LogP contribution in [0.4, 0.5) is 0 Å². The van der Waals surface area contributed by atoms with Gasteiger partial charge in [-0.05, 0) is 18.4 Å². The molecule has 0 saturated heterocycles. The van der Waals surface area contributed by atoms with Crippen molar-refractivity contribution in [3.63, 3.8) is 0 Å². The SMILES string of the molecule is Cn1cc(CCC(NN)c2cnn(C)c2)cn1. The van der Waals surface area contributed by atoms with Gasteiger partial charge in [-0.2, -0.15) is 10.2 Å². The highest BCUT2D eigenvalue weighted by atomic mass is 15.3. The zero-order chi connectivity index (χ0) is 12.3. The van der Waals surface area contributed by atoms with E-state index in [1.807, 2.05) is 43.6 Å². The first-order valence-electron chi connectivity index (χ1n) is 5.61. The lowest BCUT2D eigenvalue weighted by atomic mass is 10.0. The molecule has 0 fully saturated rings. The molecule has 2 heterocycles. The van der Waals surface area contributed by atoms with Crippen LogP contribution in [-0.2, 0) is 20.5 Å². The topological polar surface area (TPSA) is 73.7 Å². The molecule has 0 spiro atoms. The summed E-state index contributed by atoms with van der Waals surface area (Å²) in [6.45, 7) is 0. The first-order valence-corrected chi connectivity index (χ1v) is 5.61. The zero-order valence-electron chi connectivity index (χ0n) is 10.2. The Morgan fingerprint density at radius 1 is 1.24 bits per heavy atom. The lowest BCUT2D eigenvalue weighted by Crippen LogP contribution is -2.28. The summed E-state index contributed by atoms with van der Waals surface area (Å²) in [4.78, 5) is 0. The molecule has 1 atom stereocenters. The average Bonchev–Trinajstić information content (AvgIpc) is 2.89.